The van der Waals surface area contributed by atoms with Crippen molar-refractivity contribution in [3.8, 4) is 0 Å². The summed E-state index contributed by atoms with van der Waals surface area (Å²) >= 11 is 0. The van der Waals surface area contributed by atoms with Crippen LogP contribution in [0, 0.1) is 5.92 Å². The van der Waals surface area contributed by atoms with Gasteiger partial charge in [0.05, 0.1) is 11.2 Å². The van der Waals surface area contributed by atoms with Gasteiger partial charge in [-0.15, -0.1) is 0 Å². The molecule has 2 atom stereocenters. The largest absolute Gasteiger partial charge is 0.416 e. The lowest BCUT2D eigenvalue weighted by molar-refractivity contribution is -0.137. The predicted molar refractivity (Wildman–Crippen MR) is 65.2 cm³/mol. The fraction of sp³-hybridized carbons (Fsp3) is 0.571. The maximum Gasteiger partial charge on any atom is 0.416 e. The second-order valence-corrected chi connectivity index (χ2v) is 5.04. The highest BCUT2D eigenvalue weighted by Crippen LogP contribution is 2.31. The summed E-state index contributed by atoms with van der Waals surface area (Å²) in [6.07, 6.45) is -3.32. The van der Waals surface area contributed by atoms with E-state index >= 15 is 0 Å². The van der Waals surface area contributed by atoms with Gasteiger partial charge in [0.25, 0.3) is 0 Å². The van der Waals surface area contributed by atoms with Gasteiger partial charge in [0.2, 0.25) is 0 Å². The van der Waals surface area contributed by atoms with Crippen molar-refractivity contribution in [2.45, 2.75) is 45.4 Å². The lowest BCUT2D eigenvalue weighted by Crippen LogP contribution is -2.35. The molecular formula is C14H19F3O. The maximum absolute atomic E-state index is 12.6. The molecule has 0 aliphatic heterocycles. The van der Waals surface area contributed by atoms with E-state index in [4.69, 9.17) is 0 Å². The Morgan fingerprint density at radius 3 is 2.39 bits per heavy atom. The van der Waals surface area contributed by atoms with Crippen molar-refractivity contribution in [2.24, 2.45) is 5.92 Å². The van der Waals surface area contributed by atoms with Crippen molar-refractivity contribution < 1.29 is 18.3 Å². The second-order valence-electron chi connectivity index (χ2n) is 5.04. The minimum atomic E-state index is -4.34. The molecule has 1 aromatic rings. The van der Waals surface area contributed by atoms with E-state index in [-0.39, 0.29) is 12.3 Å². The van der Waals surface area contributed by atoms with Crippen LogP contribution >= 0.6 is 0 Å². The Hall–Kier alpha value is -1.03. The maximum atomic E-state index is 12.6. The van der Waals surface area contributed by atoms with Gasteiger partial charge in [-0.1, -0.05) is 38.5 Å². The van der Waals surface area contributed by atoms with Gasteiger partial charge in [-0.3, -0.25) is 0 Å². The van der Waals surface area contributed by atoms with Gasteiger partial charge in [0.1, 0.15) is 0 Å². The molecular weight excluding hydrogens is 241 g/mol. The third kappa shape index (κ3) is 3.73. The van der Waals surface area contributed by atoms with Crippen LogP contribution in [-0.2, 0) is 12.6 Å². The molecule has 0 aliphatic rings. The van der Waals surface area contributed by atoms with Crippen LogP contribution in [0.3, 0.4) is 0 Å². The SMILES string of the molecule is CCC(C)C(C)(O)Cc1cccc(C(F)(F)F)c1. The third-order valence-corrected chi connectivity index (χ3v) is 3.49. The van der Waals surface area contributed by atoms with Gasteiger partial charge < -0.3 is 5.11 Å². The number of rotatable bonds is 4. The van der Waals surface area contributed by atoms with E-state index in [2.05, 4.69) is 0 Å². The topological polar surface area (TPSA) is 20.2 Å². The van der Waals surface area contributed by atoms with Gasteiger partial charge in [-0.05, 0) is 24.5 Å². The zero-order chi connectivity index (χ0) is 14.0. The molecule has 1 N–H and O–H groups in total. The fourth-order valence-electron chi connectivity index (χ4n) is 1.88. The molecule has 0 bridgehead atoms. The van der Waals surface area contributed by atoms with Gasteiger partial charge in [0.15, 0.2) is 0 Å². The van der Waals surface area contributed by atoms with Crippen molar-refractivity contribution >= 4 is 0 Å². The monoisotopic (exact) mass is 260 g/mol. The third-order valence-electron chi connectivity index (χ3n) is 3.49. The summed E-state index contributed by atoms with van der Waals surface area (Å²) in [4.78, 5) is 0. The molecule has 0 fully saturated rings. The fourth-order valence-corrected chi connectivity index (χ4v) is 1.88. The molecule has 0 amide bonds. The molecule has 0 aromatic heterocycles. The Kier molecular flexibility index (Phi) is 4.43. The summed E-state index contributed by atoms with van der Waals surface area (Å²) in [5.41, 5.74) is -1.14. The smallest absolute Gasteiger partial charge is 0.390 e. The first-order chi connectivity index (χ1) is 8.16. The quantitative estimate of drug-likeness (QED) is 0.866. The van der Waals surface area contributed by atoms with E-state index in [1.807, 2.05) is 13.8 Å². The van der Waals surface area contributed by atoms with E-state index in [9.17, 15) is 18.3 Å². The lowest BCUT2D eigenvalue weighted by Gasteiger charge is -2.30. The molecule has 0 spiro atoms. The molecule has 0 saturated carbocycles. The molecule has 1 nitrogen and oxygen atoms in total. The molecule has 2 unspecified atom stereocenters. The Balaban J connectivity index is 2.92. The van der Waals surface area contributed by atoms with E-state index in [0.717, 1.165) is 18.6 Å². The van der Waals surface area contributed by atoms with Crippen LogP contribution in [0.5, 0.6) is 0 Å². The number of hydrogen-bond donors (Lipinski definition) is 1. The summed E-state index contributed by atoms with van der Waals surface area (Å²) < 4.78 is 37.7. The Morgan fingerprint density at radius 2 is 1.89 bits per heavy atom. The molecule has 0 saturated heterocycles. The molecule has 0 aliphatic carbocycles. The van der Waals surface area contributed by atoms with Gasteiger partial charge in [-0.2, -0.15) is 13.2 Å². The van der Waals surface area contributed by atoms with Crippen LogP contribution in [0.4, 0.5) is 13.2 Å². The van der Waals surface area contributed by atoms with Gasteiger partial charge >= 0.3 is 6.18 Å². The van der Waals surface area contributed by atoms with Crippen LogP contribution < -0.4 is 0 Å². The average Bonchev–Trinajstić information content (AvgIpc) is 2.26. The van der Waals surface area contributed by atoms with Gasteiger partial charge in [0, 0.05) is 6.42 Å². The Bertz CT molecular complexity index is 396. The first kappa shape index (κ1) is 15.0. The van der Waals surface area contributed by atoms with Crippen LogP contribution in [0.2, 0.25) is 0 Å². The van der Waals surface area contributed by atoms with Crippen LogP contribution in [0.1, 0.15) is 38.3 Å². The number of hydrogen-bond acceptors (Lipinski definition) is 1. The van der Waals surface area contributed by atoms with E-state index in [0.29, 0.717) is 5.56 Å². The summed E-state index contributed by atoms with van der Waals surface area (Å²) in [6, 6.07) is 5.15. The zero-order valence-electron chi connectivity index (χ0n) is 10.9. The minimum absolute atomic E-state index is 0.0343. The molecule has 18 heavy (non-hydrogen) atoms. The summed E-state index contributed by atoms with van der Waals surface area (Å²) in [7, 11) is 0. The van der Waals surface area contributed by atoms with Crippen molar-refractivity contribution in [1.82, 2.24) is 0 Å². The van der Waals surface area contributed by atoms with E-state index in [1.165, 1.54) is 6.07 Å². The molecule has 0 heterocycles. The lowest BCUT2D eigenvalue weighted by atomic mass is 9.83. The number of benzene rings is 1. The molecule has 102 valence electrons. The minimum Gasteiger partial charge on any atom is -0.390 e. The highest BCUT2D eigenvalue weighted by molar-refractivity contribution is 5.26. The summed E-state index contributed by atoms with van der Waals surface area (Å²) in [6.45, 7) is 5.51. The van der Waals surface area contributed by atoms with Crippen LogP contribution in [-0.4, -0.2) is 10.7 Å². The Morgan fingerprint density at radius 1 is 1.28 bits per heavy atom. The zero-order valence-corrected chi connectivity index (χ0v) is 10.9. The first-order valence-electron chi connectivity index (χ1n) is 6.05. The van der Waals surface area contributed by atoms with Gasteiger partial charge in [-0.25, -0.2) is 0 Å². The second kappa shape index (κ2) is 5.31. The number of aliphatic hydroxyl groups is 1. The van der Waals surface area contributed by atoms with Crippen molar-refractivity contribution in [3.05, 3.63) is 35.4 Å². The van der Waals surface area contributed by atoms with E-state index in [1.54, 1.807) is 13.0 Å². The molecule has 1 rings (SSSR count). The van der Waals surface area contributed by atoms with E-state index < -0.39 is 17.3 Å². The molecule has 4 heteroatoms. The van der Waals surface area contributed by atoms with Crippen molar-refractivity contribution in [3.63, 3.8) is 0 Å². The normalized spacial score (nSPS) is 17.3. The Labute approximate surface area is 106 Å². The van der Waals surface area contributed by atoms with Crippen molar-refractivity contribution in [2.75, 3.05) is 0 Å². The summed E-state index contributed by atoms with van der Waals surface area (Å²) in [5, 5.41) is 10.2. The van der Waals surface area contributed by atoms with Crippen LogP contribution in [0.15, 0.2) is 24.3 Å². The highest BCUT2D eigenvalue weighted by atomic mass is 19.4. The summed E-state index contributed by atoms with van der Waals surface area (Å²) in [5.74, 6) is 0.0343. The first-order valence-corrected chi connectivity index (χ1v) is 6.05. The standard InChI is InChI=1S/C14H19F3O/c1-4-10(2)13(3,18)9-11-6-5-7-12(8-11)14(15,16)17/h5-8,10,18H,4,9H2,1-3H3. The highest BCUT2D eigenvalue weighted by Gasteiger charge is 2.32. The average molecular weight is 260 g/mol. The number of halogens is 3. The predicted octanol–water partition coefficient (Wildman–Crippen LogP) is 4.05. The number of alkyl halides is 3. The molecule has 1 aromatic carbocycles. The molecule has 0 radical (unpaired) electrons. The van der Waals surface area contributed by atoms with Crippen molar-refractivity contribution in [1.29, 1.82) is 0 Å². The van der Waals surface area contributed by atoms with Crippen LogP contribution in [0.25, 0.3) is 0 Å².